The van der Waals surface area contributed by atoms with Crippen molar-refractivity contribution in [3.63, 3.8) is 0 Å². The molecule has 0 bridgehead atoms. The average molecular weight is 175 g/mol. The number of fused-ring (bicyclic) bond motifs is 3. The zero-order chi connectivity index (χ0) is 8.67. The highest BCUT2D eigenvalue weighted by Crippen LogP contribution is 2.42. The molecule has 0 spiro atoms. The van der Waals surface area contributed by atoms with Gasteiger partial charge in [0, 0.05) is 17.7 Å². The van der Waals surface area contributed by atoms with E-state index in [1.54, 1.807) is 0 Å². The first-order valence-electron chi connectivity index (χ1n) is 5.58. The summed E-state index contributed by atoms with van der Waals surface area (Å²) >= 11 is 0. The molecule has 1 aliphatic heterocycles. The molecular formula is C12H17N. The first-order chi connectivity index (χ1) is 6.45. The van der Waals surface area contributed by atoms with Gasteiger partial charge in [-0.25, -0.2) is 0 Å². The van der Waals surface area contributed by atoms with Gasteiger partial charge in [-0.3, -0.25) is 0 Å². The van der Waals surface area contributed by atoms with Crippen LogP contribution >= 0.6 is 0 Å². The van der Waals surface area contributed by atoms with Crippen LogP contribution in [-0.4, -0.2) is 6.04 Å². The number of nitrogens with one attached hydrogen (secondary N) is 1. The van der Waals surface area contributed by atoms with Crippen LogP contribution in [0.4, 0.5) is 0 Å². The van der Waals surface area contributed by atoms with Crippen molar-refractivity contribution >= 4 is 0 Å². The predicted molar refractivity (Wildman–Crippen MR) is 54.2 cm³/mol. The second-order valence-corrected chi connectivity index (χ2v) is 4.59. The van der Waals surface area contributed by atoms with Gasteiger partial charge in [0.1, 0.15) is 0 Å². The van der Waals surface area contributed by atoms with Gasteiger partial charge in [0.2, 0.25) is 0 Å². The molecule has 1 N–H and O–H groups in total. The van der Waals surface area contributed by atoms with Crippen molar-refractivity contribution in [1.82, 2.24) is 5.32 Å². The Morgan fingerprint density at radius 1 is 1.23 bits per heavy atom. The van der Waals surface area contributed by atoms with Crippen LogP contribution in [0.1, 0.15) is 32.1 Å². The van der Waals surface area contributed by atoms with E-state index in [-0.39, 0.29) is 0 Å². The van der Waals surface area contributed by atoms with Crippen LogP contribution in [0.15, 0.2) is 23.9 Å². The summed E-state index contributed by atoms with van der Waals surface area (Å²) in [5.41, 5.74) is 1.53. The van der Waals surface area contributed by atoms with Gasteiger partial charge in [0.25, 0.3) is 0 Å². The maximum Gasteiger partial charge on any atom is 0.0293 e. The SMILES string of the molecule is C1=CCC2C(=C1)NC1CCCCC12. The molecule has 1 heterocycles. The Balaban J connectivity index is 1.87. The fourth-order valence-corrected chi connectivity index (χ4v) is 3.24. The molecule has 0 amide bonds. The van der Waals surface area contributed by atoms with E-state index in [2.05, 4.69) is 23.5 Å². The standard InChI is InChI=1S/C12H17N/c1-3-7-11-9(5-1)10-6-2-4-8-12(10)13-11/h1,3,7,9-10,12-13H,2,4-6,8H2. The smallest absolute Gasteiger partial charge is 0.0293 e. The lowest BCUT2D eigenvalue weighted by molar-refractivity contribution is 0.277. The van der Waals surface area contributed by atoms with Crippen molar-refractivity contribution in [2.24, 2.45) is 11.8 Å². The van der Waals surface area contributed by atoms with Gasteiger partial charge in [-0.2, -0.15) is 0 Å². The molecule has 0 aromatic heterocycles. The third-order valence-electron chi connectivity index (χ3n) is 3.89. The van der Waals surface area contributed by atoms with Gasteiger partial charge in [0.15, 0.2) is 0 Å². The Morgan fingerprint density at radius 3 is 3.15 bits per heavy atom. The molecule has 0 aromatic carbocycles. The maximum absolute atomic E-state index is 3.70. The summed E-state index contributed by atoms with van der Waals surface area (Å²) in [6.45, 7) is 0. The van der Waals surface area contributed by atoms with E-state index in [4.69, 9.17) is 0 Å². The van der Waals surface area contributed by atoms with Gasteiger partial charge in [-0.05, 0) is 31.3 Å². The third kappa shape index (κ3) is 1.13. The number of hydrogen-bond donors (Lipinski definition) is 1. The second kappa shape index (κ2) is 2.90. The zero-order valence-electron chi connectivity index (χ0n) is 8.00. The van der Waals surface area contributed by atoms with Crippen molar-refractivity contribution in [1.29, 1.82) is 0 Å². The summed E-state index contributed by atoms with van der Waals surface area (Å²) in [6, 6.07) is 0.810. The van der Waals surface area contributed by atoms with Crippen LogP contribution in [0.5, 0.6) is 0 Å². The van der Waals surface area contributed by atoms with Crippen LogP contribution in [-0.2, 0) is 0 Å². The van der Waals surface area contributed by atoms with E-state index in [0.717, 1.165) is 17.9 Å². The van der Waals surface area contributed by atoms with Crippen LogP contribution in [0.2, 0.25) is 0 Å². The molecule has 70 valence electrons. The van der Waals surface area contributed by atoms with Gasteiger partial charge < -0.3 is 5.32 Å². The third-order valence-corrected chi connectivity index (χ3v) is 3.89. The number of rotatable bonds is 0. The minimum Gasteiger partial charge on any atom is -0.385 e. The van der Waals surface area contributed by atoms with Gasteiger partial charge in [0.05, 0.1) is 0 Å². The topological polar surface area (TPSA) is 12.0 Å². The lowest BCUT2D eigenvalue weighted by Crippen LogP contribution is -2.29. The molecule has 0 radical (unpaired) electrons. The molecule has 2 aliphatic carbocycles. The van der Waals surface area contributed by atoms with Crippen molar-refractivity contribution in [2.75, 3.05) is 0 Å². The average Bonchev–Trinajstić information content (AvgIpc) is 2.56. The molecule has 3 unspecified atom stereocenters. The highest BCUT2D eigenvalue weighted by Gasteiger charge is 2.39. The quantitative estimate of drug-likeness (QED) is 0.596. The molecule has 1 saturated heterocycles. The van der Waals surface area contributed by atoms with E-state index in [1.807, 2.05) is 0 Å². The Hall–Kier alpha value is -0.720. The molecular weight excluding hydrogens is 158 g/mol. The van der Waals surface area contributed by atoms with Crippen molar-refractivity contribution in [2.45, 2.75) is 38.1 Å². The Bertz CT molecular complexity index is 264. The number of hydrogen-bond acceptors (Lipinski definition) is 1. The normalized spacial score (nSPS) is 41.8. The van der Waals surface area contributed by atoms with Crippen molar-refractivity contribution in [3.05, 3.63) is 23.9 Å². The van der Waals surface area contributed by atoms with Crippen LogP contribution in [0.25, 0.3) is 0 Å². The van der Waals surface area contributed by atoms with Crippen molar-refractivity contribution < 1.29 is 0 Å². The summed E-state index contributed by atoms with van der Waals surface area (Å²) in [7, 11) is 0. The van der Waals surface area contributed by atoms with Crippen LogP contribution < -0.4 is 5.32 Å². The lowest BCUT2D eigenvalue weighted by Gasteiger charge is -2.27. The molecule has 0 aromatic rings. The van der Waals surface area contributed by atoms with E-state index in [9.17, 15) is 0 Å². The fraction of sp³-hybridized carbons (Fsp3) is 0.667. The van der Waals surface area contributed by atoms with Gasteiger partial charge in [-0.1, -0.05) is 25.0 Å². The maximum atomic E-state index is 3.70. The summed E-state index contributed by atoms with van der Waals surface area (Å²) in [5.74, 6) is 1.79. The summed E-state index contributed by atoms with van der Waals surface area (Å²) in [5, 5.41) is 3.70. The molecule has 1 heteroatoms. The Morgan fingerprint density at radius 2 is 2.15 bits per heavy atom. The molecule has 2 fully saturated rings. The van der Waals surface area contributed by atoms with E-state index < -0.39 is 0 Å². The van der Waals surface area contributed by atoms with Crippen LogP contribution in [0.3, 0.4) is 0 Å². The van der Waals surface area contributed by atoms with Gasteiger partial charge in [-0.15, -0.1) is 0 Å². The monoisotopic (exact) mass is 175 g/mol. The molecule has 1 nitrogen and oxygen atoms in total. The summed E-state index contributed by atoms with van der Waals surface area (Å²) in [4.78, 5) is 0. The molecule has 3 rings (SSSR count). The minimum atomic E-state index is 0.810. The second-order valence-electron chi connectivity index (χ2n) is 4.59. The predicted octanol–water partition coefficient (Wildman–Crippen LogP) is 2.61. The zero-order valence-corrected chi connectivity index (χ0v) is 8.00. The van der Waals surface area contributed by atoms with Gasteiger partial charge >= 0.3 is 0 Å². The van der Waals surface area contributed by atoms with E-state index in [1.165, 1.54) is 37.8 Å². The first-order valence-corrected chi connectivity index (χ1v) is 5.58. The first kappa shape index (κ1) is 7.66. The van der Waals surface area contributed by atoms with E-state index in [0.29, 0.717) is 0 Å². The number of allylic oxidation sites excluding steroid dienone is 4. The molecule has 3 aliphatic rings. The summed E-state index contributed by atoms with van der Waals surface area (Å²) < 4.78 is 0. The van der Waals surface area contributed by atoms with Crippen LogP contribution in [0, 0.1) is 11.8 Å². The Labute approximate surface area is 79.9 Å². The largest absolute Gasteiger partial charge is 0.385 e. The molecule has 3 atom stereocenters. The van der Waals surface area contributed by atoms with Crippen molar-refractivity contribution in [3.8, 4) is 0 Å². The molecule has 1 saturated carbocycles. The van der Waals surface area contributed by atoms with E-state index >= 15 is 0 Å². The summed E-state index contributed by atoms with van der Waals surface area (Å²) in [6.07, 6.45) is 13.8. The fourth-order valence-electron chi connectivity index (χ4n) is 3.24. The minimum absolute atomic E-state index is 0.810. The highest BCUT2D eigenvalue weighted by atomic mass is 15.0. The highest BCUT2D eigenvalue weighted by molar-refractivity contribution is 5.25. The lowest BCUT2D eigenvalue weighted by atomic mass is 9.77. The molecule has 13 heavy (non-hydrogen) atoms. The Kier molecular flexibility index (Phi) is 1.71.